The van der Waals surface area contributed by atoms with Gasteiger partial charge in [-0.25, -0.2) is 0 Å². The van der Waals surface area contributed by atoms with Crippen molar-refractivity contribution in [3.8, 4) is 5.75 Å². The molecule has 0 aliphatic heterocycles. The Morgan fingerprint density at radius 3 is 2.56 bits per heavy atom. The smallest absolute Gasteiger partial charge is 0.239 e. The number of hydrogen-bond acceptors (Lipinski definition) is 3. The highest BCUT2D eigenvalue weighted by Gasteiger charge is 2.23. The zero-order valence-corrected chi connectivity index (χ0v) is 12.7. The summed E-state index contributed by atoms with van der Waals surface area (Å²) in [7, 11) is 1.61. The van der Waals surface area contributed by atoms with Crippen LogP contribution in [0.25, 0.3) is 0 Å². The summed E-state index contributed by atoms with van der Waals surface area (Å²) in [6, 6.07) is 5.59. The molecule has 18 heavy (non-hydrogen) atoms. The average molecular weight is 315 g/mol. The largest absolute Gasteiger partial charge is 0.496 e. The van der Waals surface area contributed by atoms with Crippen LogP contribution in [-0.2, 0) is 4.79 Å². The standard InChI is InChI=1S/C13H19BrN2O2/c1-8(16-12(17)13(2,3)15)9-5-6-11(18-4)10(14)7-9/h5-8H,15H2,1-4H3,(H,16,17). The number of nitrogens with one attached hydrogen (secondary N) is 1. The van der Waals surface area contributed by atoms with Crippen molar-refractivity contribution in [1.82, 2.24) is 5.32 Å². The molecule has 0 fully saturated rings. The molecule has 0 saturated carbocycles. The predicted molar refractivity (Wildman–Crippen MR) is 75.5 cm³/mol. The Hall–Kier alpha value is -1.07. The molecule has 0 spiro atoms. The summed E-state index contributed by atoms with van der Waals surface area (Å²) < 4.78 is 6.02. The summed E-state index contributed by atoms with van der Waals surface area (Å²) in [5.74, 6) is 0.582. The zero-order valence-electron chi connectivity index (χ0n) is 11.1. The summed E-state index contributed by atoms with van der Waals surface area (Å²) in [5, 5.41) is 2.88. The summed E-state index contributed by atoms with van der Waals surface area (Å²) in [5.41, 5.74) is 5.85. The quantitative estimate of drug-likeness (QED) is 0.896. The fourth-order valence-electron chi connectivity index (χ4n) is 1.42. The molecule has 0 heterocycles. The molecule has 3 N–H and O–H groups in total. The number of benzene rings is 1. The van der Waals surface area contributed by atoms with Gasteiger partial charge in [-0.05, 0) is 54.4 Å². The maximum absolute atomic E-state index is 11.8. The second-order valence-corrected chi connectivity index (χ2v) is 5.67. The van der Waals surface area contributed by atoms with Crippen molar-refractivity contribution >= 4 is 21.8 Å². The van der Waals surface area contributed by atoms with Crippen molar-refractivity contribution in [3.05, 3.63) is 28.2 Å². The van der Waals surface area contributed by atoms with Crippen LogP contribution in [0.4, 0.5) is 0 Å². The lowest BCUT2D eigenvalue weighted by molar-refractivity contribution is -0.125. The molecule has 100 valence electrons. The van der Waals surface area contributed by atoms with E-state index in [0.717, 1.165) is 15.8 Å². The molecular weight excluding hydrogens is 296 g/mol. The zero-order chi connectivity index (χ0) is 13.9. The van der Waals surface area contributed by atoms with Gasteiger partial charge >= 0.3 is 0 Å². The van der Waals surface area contributed by atoms with Crippen LogP contribution in [0.5, 0.6) is 5.75 Å². The Bertz CT molecular complexity index is 441. The monoisotopic (exact) mass is 314 g/mol. The van der Waals surface area contributed by atoms with Crippen molar-refractivity contribution in [2.24, 2.45) is 5.73 Å². The van der Waals surface area contributed by atoms with Gasteiger partial charge in [-0.1, -0.05) is 6.07 Å². The van der Waals surface area contributed by atoms with Gasteiger partial charge in [0.1, 0.15) is 5.75 Å². The summed E-state index contributed by atoms with van der Waals surface area (Å²) in [4.78, 5) is 11.8. The summed E-state index contributed by atoms with van der Waals surface area (Å²) in [6.07, 6.45) is 0. The SMILES string of the molecule is COc1ccc(C(C)NC(=O)C(C)(C)N)cc1Br. The van der Waals surface area contributed by atoms with E-state index < -0.39 is 5.54 Å². The number of carbonyl (C=O) groups is 1. The second-order valence-electron chi connectivity index (χ2n) is 4.81. The van der Waals surface area contributed by atoms with Crippen LogP contribution < -0.4 is 15.8 Å². The maximum Gasteiger partial charge on any atom is 0.239 e. The third-order valence-electron chi connectivity index (χ3n) is 2.61. The highest BCUT2D eigenvalue weighted by atomic mass is 79.9. The lowest BCUT2D eigenvalue weighted by Gasteiger charge is -2.22. The molecule has 0 aromatic heterocycles. The van der Waals surface area contributed by atoms with Gasteiger partial charge in [0.05, 0.1) is 23.2 Å². The Morgan fingerprint density at radius 1 is 1.50 bits per heavy atom. The van der Waals surface area contributed by atoms with Crippen molar-refractivity contribution in [2.75, 3.05) is 7.11 Å². The van der Waals surface area contributed by atoms with Gasteiger partial charge < -0.3 is 15.8 Å². The van der Waals surface area contributed by atoms with E-state index in [-0.39, 0.29) is 11.9 Å². The number of nitrogens with two attached hydrogens (primary N) is 1. The number of ether oxygens (including phenoxy) is 1. The second kappa shape index (κ2) is 5.71. The fourth-order valence-corrected chi connectivity index (χ4v) is 1.98. The third kappa shape index (κ3) is 3.71. The van der Waals surface area contributed by atoms with Crippen LogP contribution in [0.15, 0.2) is 22.7 Å². The van der Waals surface area contributed by atoms with E-state index in [1.54, 1.807) is 21.0 Å². The lowest BCUT2D eigenvalue weighted by atomic mass is 10.0. The van der Waals surface area contributed by atoms with Crippen LogP contribution in [-0.4, -0.2) is 18.6 Å². The van der Waals surface area contributed by atoms with Crippen LogP contribution in [0.2, 0.25) is 0 Å². The minimum atomic E-state index is -0.877. The molecule has 1 aromatic rings. The molecule has 1 atom stereocenters. The Labute approximate surface area is 116 Å². The van der Waals surface area contributed by atoms with Crippen molar-refractivity contribution in [2.45, 2.75) is 32.4 Å². The normalized spacial score (nSPS) is 13.0. The minimum Gasteiger partial charge on any atom is -0.496 e. The molecular formula is C13H19BrN2O2. The van der Waals surface area contributed by atoms with Crippen LogP contribution in [0, 0.1) is 0 Å². The van der Waals surface area contributed by atoms with Gasteiger partial charge in [0.25, 0.3) is 0 Å². The van der Waals surface area contributed by atoms with E-state index in [9.17, 15) is 4.79 Å². The van der Waals surface area contributed by atoms with E-state index in [0.29, 0.717) is 0 Å². The van der Waals surface area contributed by atoms with Gasteiger partial charge in [0.15, 0.2) is 0 Å². The van der Waals surface area contributed by atoms with E-state index >= 15 is 0 Å². The topological polar surface area (TPSA) is 64.3 Å². The van der Waals surface area contributed by atoms with E-state index in [4.69, 9.17) is 10.5 Å². The number of hydrogen-bond donors (Lipinski definition) is 2. The van der Waals surface area contributed by atoms with Crippen molar-refractivity contribution < 1.29 is 9.53 Å². The first-order chi connectivity index (χ1) is 8.25. The van der Waals surface area contributed by atoms with Crippen LogP contribution >= 0.6 is 15.9 Å². The molecule has 0 radical (unpaired) electrons. The van der Waals surface area contributed by atoms with Crippen molar-refractivity contribution in [3.63, 3.8) is 0 Å². The molecule has 0 aliphatic rings. The third-order valence-corrected chi connectivity index (χ3v) is 3.23. The number of halogens is 1. The van der Waals surface area contributed by atoms with E-state index in [2.05, 4.69) is 21.2 Å². The minimum absolute atomic E-state index is 0.109. The van der Waals surface area contributed by atoms with Crippen molar-refractivity contribution in [1.29, 1.82) is 0 Å². The average Bonchev–Trinajstić information content (AvgIpc) is 2.27. The van der Waals surface area contributed by atoms with Gasteiger partial charge in [0, 0.05) is 0 Å². The molecule has 0 bridgehead atoms. The summed E-state index contributed by atoms with van der Waals surface area (Å²) in [6.45, 7) is 5.27. The lowest BCUT2D eigenvalue weighted by Crippen LogP contribution is -2.49. The molecule has 4 nitrogen and oxygen atoms in total. The van der Waals surface area contributed by atoms with Gasteiger partial charge in [-0.2, -0.15) is 0 Å². The molecule has 0 aliphatic carbocycles. The maximum atomic E-state index is 11.8. The number of methoxy groups -OCH3 is 1. The van der Waals surface area contributed by atoms with E-state index in [1.807, 2.05) is 25.1 Å². The first-order valence-corrected chi connectivity index (χ1v) is 6.48. The number of carbonyl (C=O) groups excluding carboxylic acids is 1. The fraction of sp³-hybridized carbons (Fsp3) is 0.462. The molecule has 1 unspecified atom stereocenters. The number of amides is 1. The highest BCUT2D eigenvalue weighted by molar-refractivity contribution is 9.10. The van der Waals surface area contributed by atoms with E-state index in [1.165, 1.54) is 0 Å². The molecule has 1 aromatic carbocycles. The molecule has 1 amide bonds. The first kappa shape index (κ1) is 15.0. The Kier molecular flexibility index (Phi) is 4.76. The van der Waals surface area contributed by atoms with Crippen LogP contribution in [0.1, 0.15) is 32.4 Å². The summed E-state index contributed by atoms with van der Waals surface area (Å²) >= 11 is 3.42. The highest BCUT2D eigenvalue weighted by Crippen LogP contribution is 2.28. The Balaban J connectivity index is 2.82. The molecule has 0 saturated heterocycles. The molecule has 5 heteroatoms. The van der Waals surface area contributed by atoms with Gasteiger partial charge in [-0.15, -0.1) is 0 Å². The molecule has 1 rings (SSSR count). The van der Waals surface area contributed by atoms with Gasteiger partial charge in [-0.3, -0.25) is 4.79 Å². The van der Waals surface area contributed by atoms with Crippen LogP contribution in [0.3, 0.4) is 0 Å². The predicted octanol–water partition coefficient (Wildman–Crippen LogP) is 2.37. The Morgan fingerprint density at radius 2 is 2.11 bits per heavy atom. The first-order valence-electron chi connectivity index (χ1n) is 5.69. The number of rotatable bonds is 4. The van der Waals surface area contributed by atoms with Gasteiger partial charge in [0.2, 0.25) is 5.91 Å².